The van der Waals surface area contributed by atoms with Gasteiger partial charge in [-0.05, 0) is 13.8 Å². The molecule has 0 aliphatic rings. The molecule has 0 aliphatic carbocycles. The number of imidazole rings is 1. The minimum absolute atomic E-state index is 0.116. The van der Waals surface area contributed by atoms with Gasteiger partial charge in [0.1, 0.15) is 5.82 Å². The molecular weight excluding hydrogens is 240 g/mol. The molecule has 4 heteroatoms. The molecule has 1 heterocycles. The number of aromatic nitrogens is 2. The van der Waals surface area contributed by atoms with E-state index >= 15 is 0 Å². The van der Waals surface area contributed by atoms with E-state index in [1.54, 1.807) is 0 Å². The second-order valence-electron chi connectivity index (χ2n) is 4.79. The number of nitrogens with zero attached hydrogens (tertiary/aromatic N) is 2. The van der Waals surface area contributed by atoms with Gasteiger partial charge in [-0.2, -0.15) is 0 Å². The molecule has 0 aliphatic heterocycles. The predicted octanol–water partition coefficient (Wildman–Crippen LogP) is 2.72. The Morgan fingerprint density at radius 1 is 1.26 bits per heavy atom. The fraction of sp³-hybridized carbons (Fsp3) is 0.333. The van der Waals surface area contributed by atoms with Crippen LogP contribution in [0.15, 0.2) is 24.3 Å². The summed E-state index contributed by atoms with van der Waals surface area (Å²) < 4.78 is 2.02. The second kappa shape index (κ2) is 5.26. The number of hydrogen-bond acceptors (Lipinski definition) is 2. The molecule has 1 aromatic heterocycles. The van der Waals surface area contributed by atoms with Gasteiger partial charge in [0.05, 0.1) is 12.1 Å². The predicted molar refractivity (Wildman–Crippen MR) is 74.1 cm³/mol. The van der Waals surface area contributed by atoms with Gasteiger partial charge in [0.15, 0.2) is 0 Å². The number of carboxylic acid groups (broad SMARTS) is 1. The maximum atomic E-state index is 10.6. The standard InChI is InChI=1S/C15H18N2O2/c1-10-4-6-12(7-5-10)15-16-13(8-9-14(18)19)11(2)17(15)3/h4-7H,8-9H2,1-3H3,(H,18,19). The van der Waals surface area contributed by atoms with Crippen LogP contribution >= 0.6 is 0 Å². The maximum absolute atomic E-state index is 10.6. The summed E-state index contributed by atoms with van der Waals surface area (Å²) in [5.41, 5.74) is 4.15. The van der Waals surface area contributed by atoms with Crippen molar-refractivity contribution in [1.82, 2.24) is 9.55 Å². The zero-order chi connectivity index (χ0) is 14.0. The van der Waals surface area contributed by atoms with Gasteiger partial charge in [0, 0.05) is 24.7 Å². The maximum Gasteiger partial charge on any atom is 0.303 e. The number of carboxylic acids is 1. The zero-order valence-corrected chi connectivity index (χ0v) is 11.5. The van der Waals surface area contributed by atoms with Gasteiger partial charge in [0.2, 0.25) is 0 Å². The molecule has 0 spiro atoms. The lowest BCUT2D eigenvalue weighted by molar-refractivity contribution is -0.136. The minimum atomic E-state index is -0.790. The molecule has 1 aromatic carbocycles. The second-order valence-corrected chi connectivity index (χ2v) is 4.79. The number of rotatable bonds is 4. The Hall–Kier alpha value is -2.10. The van der Waals surface area contributed by atoms with Crippen LogP contribution in [0.1, 0.15) is 23.4 Å². The van der Waals surface area contributed by atoms with Crippen LogP contribution in [0.3, 0.4) is 0 Å². The molecule has 0 bridgehead atoms. The van der Waals surface area contributed by atoms with E-state index in [0.717, 1.165) is 22.8 Å². The largest absolute Gasteiger partial charge is 0.481 e. The smallest absolute Gasteiger partial charge is 0.303 e. The number of aliphatic carboxylic acids is 1. The van der Waals surface area contributed by atoms with Crippen LogP contribution in [0, 0.1) is 13.8 Å². The summed E-state index contributed by atoms with van der Waals surface area (Å²) in [6.07, 6.45) is 0.589. The van der Waals surface area contributed by atoms with Crippen molar-refractivity contribution in [2.45, 2.75) is 26.7 Å². The van der Waals surface area contributed by atoms with E-state index in [-0.39, 0.29) is 6.42 Å². The van der Waals surface area contributed by atoms with E-state index < -0.39 is 5.97 Å². The molecule has 0 amide bonds. The molecule has 0 saturated heterocycles. The van der Waals surface area contributed by atoms with E-state index in [2.05, 4.69) is 17.1 Å². The third kappa shape index (κ3) is 2.84. The Labute approximate surface area is 112 Å². The Bertz CT molecular complexity index is 597. The average Bonchev–Trinajstić information content (AvgIpc) is 2.65. The third-order valence-corrected chi connectivity index (χ3v) is 3.36. The van der Waals surface area contributed by atoms with Crippen molar-refractivity contribution in [2.75, 3.05) is 0 Å². The summed E-state index contributed by atoms with van der Waals surface area (Å²) in [4.78, 5) is 15.2. The molecule has 0 radical (unpaired) electrons. The number of aryl methyl sites for hydroxylation is 2. The molecule has 0 saturated carbocycles. The van der Waals surface area contributed by atoms with Crippen LogP contribution in [-0.2, 0) is 18.3 Å². The highest BCUT2D eigenvalue weighted by Gasteiger charge is 2.13. The van der Waals surface area contributed by atoms with Crippen LogP contribution in [0.5, 0.6) is 0 Å². The topological polar surface area (TPSA) is 55.1 Å². The summed E-state index contributed by atoms with van der Waals surface area (Å²) in [5.74, 6) is 0.0971. The van der Waals surface area contributed by atoms with Crippen molar-refractivity contribution in [3.8, 4) is 11.4 Å². The first-order chi connectivity index (χ1) is 8.99. The molecule has 19 heavy (non-hydrogen) atoms. The quantitative estimate of drug-likeness (QED) is 0.917. The van der Waals surface area contributed by atoms with Crippen LogP contribution in [-0.4, -0.2) is 20.6 Å². The Morgan fingerprint density at radius 2 is 1.89 bits per heavy atom. The summed E-state index contributed by atoms with van der Waals surface area (Å²) in [7, 11) is 1.96. The summed E-state index contributed by atoms with van der Waals surface area (Å²) >= 11 is 0. The third-order valence-electron chi connectivity index (χ3n) is 3.36. The highest BCUT2D eigenvalue weighted by atomic mass is 16.4. The van der Waals surface area contributed by atoms with Gasteiger partial charge in [-0.15, -0.1) is 0 Å². The van der Waals surface area contributed by atoms with Gasteiger partial charge < -0.3 is 9.67 Å². The first-order valence-corrected chi connectivity index (χ1v) is 6.30. The van der Waals surface area contributed by atoms with Crippen molar-refractivity contribution in [1.29, 1.82) is 0 Å². The molecule has 1 N–H and O–H groups in total. The van der Waals surface area contributed by atoms with Crippen molar-refractivity contribution >= 4 is 5.97 Å². The fourth-order valence-corrected chi connectivity index (χ4v) is 2.06. The molecule has 2 rings (SSSR count). The van der Waals surface area contributed by atoms with Gasteiger partial charge in [-0.3, -0.25) is 4.79 Å². The molecule has 0 fully saturated rings. The average molecular weight is 258 g/mol. The van der Waals surface area contributed by atoms with E-state index in [9.17, 15) is 4.79 Å². The van der Waals surface area contributed by atoms with Gasteiger partial charge in [-0.1, -0.05) is 29.8 Å². The van der Waals surface area contributed by atoms with Crippen molar-refractivity contribution < 1.29 is 9.90 Å². The first-order valence-electron chi connectivity index (χ1n) is 6.30. The Kier molecular flexibility index (Phi) is 3.69. The number of benzene rings is 1. The van der Waals surface area contributed by atoms with E-state index in [4.69, 9.17) is 5.11 Å². The monoisotopic (exact) mass is 258 g/mol. The first kappa shape index (κ1) is 13.3. The van der Waals surface area contributed by atoms with Crippen LogP contribution in [0.4, 0.5) is 0 Å². The summed E-state index contributed by atoms with van der Waals surface area (Å²) in [6, 6.07) is 8.18. The van der Waals surface area contributed by atoms with Crippen molar-refractivity contribution in [2.24, 2.45) is 7.05 Å². The van der Waals surface area contributed by atoms with Crippen molar-refractivity contribution in [3.05, 3.63) is 41.2 Å². The Balaban J connectivity index is 2.34. The van der Waals surface area contributed by atoms with Gasteiger partial charge in [0.25, 0.3) is 0 Å². The van der Waals surface area contributed by atoms with Crippen LogP contribution in [0.25, 0.3) is 11.4 Å². The lowest BCUT2D eigenvalue weighted by Crippen LogP contribution is -1.99. The molecule has 100 valence electrons. The number of hydrogen-bond donors (Lipinski definition) is 1. The molecular formula is C15H18N2O2. The van der Waals surface area contributed by atoms with Crippen LogP contribution in [0.2, 0.25) is 0 Å². The van der Waals surface area contributed by atoms with Crippen LogP contribution < -0.4 is 0 Å². The van der Waals surface area contributed by atoms with E-state index in [1.807, 2.05) is 37.6 Å². The van der Waals surface area contributed by atoms with E-state index in [1.165, 1.54) is 5.56 Å². The lowest BCUT2D eigenvalue weighted by atomic mass is 10.1. The Morgan fingerprint density at radius 3 is 2.47 bits per heavy atom. The fourth-order valence-electron chi connectivity index (χ4n) is 2.06. The van der Waals surface area contributed by atoms with Crippen molar-refractivity contribution in [3.63, 3.8) is 0 Å². The molecule has 2 aromatic rings. The van der Waals surface area contributed by atoms with Gasteiger partial charge in [-0.25, -0.2) is 4.98 Å². The number of carbonyl (C=O) groups is 1. The lowest BCUT2D eigenvalue weighted by Gasteiger charge is -2.03. The molecule has 0 unspecified atom stereocenters. The SMILES string of the molecule is Cc1ccc(-c2nc(CCC(=O)O)c(C)n2C)cc1. The summed E-state index contributed by atoms with van der Waals surface area (Å²) in [5, 5.41) is 8.75. The van der Waals surface area contributed by atoms with Gasteiger partial charge >= 0.3 is 5.97 Å². The molecule has 0 atom stereocenters. The van der Waals surface area contributed by atoms with E-state index in [0.29, 0.717) is 6.42 Å². The minimum Gasteiger partial charge on any atom is -0.481 e. The normalized spacial score (nSPS) is 10.7. The summed E-state index contributed by atoms with van der Waals surface area (Å²) in [6.45, 7) is 4.02. The molecule has 4 nitrogen and oxygen atoms in total. The highest BCUT2D eigenvalue weighted by Crippen LogP contribution is 2.22. The zero-order valence-electron chi connectivity index (χ0n) is 11.5. The highest BCUT2D eigenvalue weighted by molar-refractivity contribution is 5.67.